The van der Waals surface area contributed by atoms with E-state index in [-0.39, 0.29) is 0 Å². The Labute approximate surface area is 152 Å². The van der Waals surface area contributed by atoms with E-state index in [1.165, 1.54) is 17.1 Å². The van der Waals surface area contributed by atoms with Crippen molar-refractivity contribution in [3.8, 4) is 5.69 Å². The molecule has 130 valence electrons. The molecule has 0 spiro atoms. The van der Waals surface area contributed by atoms with E-state index in [2.05, 4.69) is 56.5 Å². The number of anilines is 1. The van der Waals surface area contributed by atoms with Gasteiger partial charge in [-0.25, -0.2) is 9.67 Å². The van der Waals surface area contributed by atoms with Gasteiger partial charge in [-0.05, 0) is 37.1 Å². The predicted octanol–water partition coefficient (Wildman–Crippen LogP) is 3.35. The first-order chi connectivity index (χ1) is 12.3. The predicted molar refractivity (Wildman–Crippen MR) is 103 cm³/mol. The van der Waals surface area contributed by atoms with Gasteiger partial charge < -0.3 is 4.90 Å². The van der Waals surface area contributed by atoms with E-state index in [4.69, 9.17) is 0 Å². The average molecular weight is 353 g/mol. The van der Waals surface area contributed by atoms with Gasteiger partial charge in [0.15, 0.2) is 5.13 Å². The van der Waals surface area contributed by atoms with E-state index in [0.717, 1.165) is 44.1 Å². The van der Waals surface area contributed by atoms with E-state index in [1.807, 2.05) is 16.9 Å². The normalized spacial score (nSPS) is 16.1. The van der Waals surface area contributed by atoms with Gasteiger partial charge in [0.25, 0.3) is 0 Å². The fourth-order valence-electron chi connectivity index (χ4n) is 3.24. The van der Waals surface area contributed by atoms with E-state index in [9.17, 15) is 0 Å². The lowest BCUT2D eigenvalue weighted by molar-refractivity contribution is 0.285. The van der Waals surface area contributed by atoms with Crippen molar-refractivity contribution in [2.45, 2.75) is 19.9 Å². The third-order valence-corrected chi connectivity index (χ3v) is 5.60. The highest BCUT2D eigenvalue weighted by molar-refractivity contribution is 7.13. The number of hydrogen-bond acceptors (Lipinski definition) is 5. The molecule has 3 heterocycles. The van der Waals surface area contributed by atoms with E-state index >= 15 is 0 Å². The molecule has 1 saturated heterocycles. The van der Waals surface area contributed by atoms with Crippen LogP contribution in [0.1, 0.15) is 17.7 Å². The van der Waals surface area contributed by atoms with Gasteiger partial charge in [0.1, 0.15) is 0 Å². The zero-order valence-electron chi connectivity index (χ0n) is 14.5. The van der Waals surface area contributed by atoms with Gasteiger partial charge in [0.2, 0.25) is 0 Å². The summed E-state index contributed by atoms with van der Waals surface area (Å²) in [6.45, 7) is 7.45. The molecule has 25 heavy (non-hydrogen) atoms. The molecular weight excluding hydrogens is 330 g/mol. The van der Waals surface area contributed by atoms with Gasteiger partial charge in [-0.1, -0.05) is 12.1 Å². The number of benzene rings is 1. The molecular formula is C19H23N5S. The second-order valence-electron chi connectivity index (χ2n) is 6.51. The number of aromatic nitrogens is 3. The first kappa shape index (κ1) is 16.3. The molecule has 0 atom stereocenters. The lowest BCUT2D eigenvalue weighted by Crippen LogP contribution is -2.30. The van der Waals surface area contributed by atoms with Crippen LogP contribution in [-0.4, -0.2) is 45.8 Å². The minimum atomic E-state index is 1.00. The maximum Gasteiger partial charge on any atom is 0.185 e. The highest BCUT2D eigenvalue weighted by Gasteiger charge is 2.17. The number of hydrogen-bond donors (Lipinski definition) is 0. The van der Waals surface area contributed by atoms with Crippen LogP contribution in [-0.2, 0) is 6.54 Å². The Morgan fingerprint density at radius 1 is 1.08 bits per heavy atom. The Balaban J connectivity index is 1.36. The molecule has 5 nitrogen and oxygen atoms in total. The maximum atomic E-state index is 4.64. The first-order valence-corrected chi connectivity index (χ1v) is 9.64. The van der Waals surface area contributed by atoms with Gasteiger partial charge >= 0.3 is 0 Å². The van der Waals surface area contributed by atoms with Gasteiger partial charge in [0, 0.05) is 50.5 Å². The van der Waals surface area contributed by atoms with Crippen LogP contribution in [0.3, 0.4) is 0 Å². The van der Waals surface area contributed by atoms with E-state index < -0.39 is 0 Å². The molecule has 4 rings (SSSR count). The fraction of sp³-hybridized carbons (Fsp3) is 0.368. The summed E-state index contributed by atoms with van der Waals surface area (Å²) in [5, 5.41) is 7.59. The lowest BCUT2D eigenvalue weighted by Gasteiger charge is -2.21. The Hall–Kier alpha value is -2.18. The number of rotatable bonds is 4. The van der Waals surface area contributed by atoms with E-state index in [1.54, 1.807) is 17.5 Å². The number of aryl methyl sites for hydroxylation is 1. The fourth-order valence-corrected chi connectivity index (χ4v) is 4.10. The molecule has 2 aromatic heterocycles. The Bertz CT molecular complexity index is 794. The summed E-state index contributed by atoms with van der Waals surface area (Å²) < 4.78 is 1.89. The van der Waals surface area contributed by atoms with Crippen molar-refractivity contribution in [3.05, 3.63) is 59.4 Å². The Morgan fingerprint density at radius 3 is 2.68 bits per heavy atom. The molecule has 0 radical (unpaired) electrons. The average Bonchev–Trinajstić information content (AvgIpc) is 3.25. The molecule has 0 aliphatic carbocycles. The summed E-state index contributed by atoms with van der Waals surface area (Å²) in [4.78, 5) is 9.61. The van der Waals surface area contributed by atoms with Gasteiger partial charge in [-0.3, -0.25) is 4.90 Å². The van der Waals surface area contributed by atoms with Crippen molar-refractivity contribution in [1.29, 1.82) is 0 Å². The molecule has 0 unspecified atom stereocenters. The SMILES string of the molecule is Cc1csc(N2CCCN(Cc3ccc(-n4cccn4)cc3)CC2)n1. The molecule has 0 amide bonds. The number of thiazole rings is 1. The van der Waals surface area contributed by atoms with Crippen LogP contribution < -0.4 is 4.90 Å². The summed E-state index contributed by atoms with van der Waals surface area (Å²) in [6.07, 6.45) is 4.96. The van der Waals surface area contributed by atoms with Gasteiger partial charge in [-0.15, -0.1) is 11.3 Å². The van der Waals surface area contributed by atoms with Crippen molar-refractivity contribution in [3.63, 3.8) is 0 Å². The monoisotopic (exact) mass is 353 g/mol. The van der Waals surface area contributed by atoms with Crippen molar-refractivity contribution >= 4 is 16.5 Å². The van der Waals surface area contributed by atoms with Crippen LogP contribution in [0, 0.1) is 6.92 Å². The molecule has 0 N–H and O–H groups in total. The summed E-state index contributed by atoms with van der Waals surface area (Å²) in [7, 11) is 0. The van der Waals surface area contributed by atoms with Crippen LogP contribution >= 0.6 is 11.3 Å². The zero-order valence-corrected chi connectivity index (χ0v) is 15.3. The van der Waals surface area contributed by atoms with E-state index in [0.29, 0.717) is 0 Å². The topological polar surface area (TPSA) is 37.2 Å². The molecule has 0 bridgehead atoms. The van der Waals surface area contributed by atoms with Crippen LogP contribution in [0.25, 0.3) is 5.69 Å². The maximum absolute atomic E-state index is 4.64. The highest BCUT2D eigenvalue weighted by Crippen LogP contribution is 2.22. The van der Waals surface area contributed by atoms with Gasteiger partial charge in [-0.2, -0.15) is 5.10 Å². The number of nitrogens with zero attached hydrogens (tertiary/aromatic N) is 5. The largest absolute Gasteiger partial charge is 0.347 e. The Morgan fingerprint density at radius 2 is 1.96 bits per heavy atom. The molecule has 1 fully saturated rings. The zero-order chi connectivity index (χ0) is 17.1. The minimum Gasteiger partial charge on any atom is -0.347 e. The third-order valence-electron chi connectivity index (χ3n) is 4.58. The van der Waals surface area contributed by atoms with Gasteiger partial charge in [0.05, 0.1) is 11.4 Å². The van der Waals surface area contributed by atoms with Crippen molar-refractivity contribution in [2.24, 2.45) is 0 Å². The van der Waals surface area contributed by atoms with Crippen molar-refractivity contribution in [1.82, 2.24) is 19.7 Å². The lowest BCUT2D eigenvalue weighted by atomic mass is 10.2. The molecule has 3 aromatic rings. The molecule has 6 heteroatoms. The van der Waals surface area contributed by atoms with Crippen molar-refractivity contribution in [2.75, 3.05) is 31.1 Å². The van der Waals surface area contributed by atoms with Crippen LogP contribution in [0.4, 0.5) is 5.13 Å². The second kappa shape index (κ2) is 7.37. The smallest absolute Gasteiger partial charge is 0.185 e. The second-order valence-corrected chi connectivity index (χ2v) is 7.34. The highest BCUT2D eigenvalue weighted by atomic mass is 32.1. The third kappa shape index (κ3) is 3.91. The molecule has 1 aromatic carbocycles. The molecule has 1 aliphatic heterocycles. The van der Waals surface area contributed by atoms with Crippen LogP contribution in [0.15, 0.2) is 48.1 Å². The van der Waals surface area contributed by atoms with Crippen LogP contribution in [0.5, 0.6) is 0 Å². The standard InChI is InChI=1S/C19H23N5S/c1-16-15-25-19(21-16)23-10-3-9-22(12-13-23)14-17-4-6-18(7-5-17)24-11-2-8-20-24/h2,4-8,11,15H,3,9-10,12-14H2,1H3. The van der Waals surface area contributed by atoms with Crippen LogP contribution in [0.2, 0.25) is 0 Å². The quantitative estimate of drug-likeness (QED) is 0.721. The summed E-state index contributed by atoms with van der Waals surface area (Å²) in [5.41, 5.74) is 3.59. The minimum absolute atomic E-state index is 1.00. The summed E-state index contributed by atoms with van der Waals surface area (Å²) >= 11 is 1.76. The summed E-state index contributed by atoms with van der Waals surface area (Å²) in [5.74, 6) is 0. The molecule has 0 saturated carbocycles. The Kier molecular flexibility index (Phi) is 4.81. The van der Waals surface area contributed by atoms with Crippen molar-refractivity contribution < 1.29 is 0 Å². The molecule has 1 aliphatic rings. The summed E-state index contributed by atoms with van der Waals surface area (Å²) in [6, 6.07) is 10.7. The first-order valence-electron chi connectivity index (χ1n) is 8.76.